The average molecular weight is 383 g/mol. The molecule has 0 radical (unpaired) electrons. The van der Waals surface area contributed by atoms with Gasteiger partial charge in [0, 0.05) is 17.8 Å². The summed E-state index contributed by atoms with van der Waals surface area (Å²) in [7, 11) is 1.19. The molecule has 27 heavy (non-hydrogen) atoms. The van der Waals surface area contributed by atoms with E-state index in [1.54, 1.807) is 6.20 Å². The lowest BCUT2D eigenvalue weighted by molar-refractivity contribution is -0.166. The number of aromatic nitrogens is 2. The standard InChI is InChI=1S/C18H20F3N3O3/c1-10-5-11-3-4-12(6-15(25)27-2)17(26)24(9-18(19,20)21)8-14(11)13-7-22-23-16(10)13/h5,7,12H,3-4,6,8-9H2,1-2H3,(H,22,23)/t12-/m0/s1. The zero-order chi connectivity index (χ0) is 19.8. The van der Waals surface area contributed by atoms with E-state index in [0.717, 1.165) is 26.9 Å². The first-order valence-corrected chi connectivity index (χ1v) is 8.56. The second-order valence-corrected chi connectivity index (χ2v) is 6.82. The minimum absolute atomic E-state index is 0.179. The van der Waals surface area contributed by atoms with Crippen molar-refractivity contribution in [2.24, 2.45) is 5.92 Å². The van der Waals surface area contributed by atoms with Crippen LogP contribution < -0.4 is 0 Å². The quantitative estimate of drug-likeness (QED) is 0.827. The number of alkyl halides is 3. The number of hydrogen-bond acceptors (Lipinski definition) is 4. The van der Waals surface area contributed by atoms with Crippen LogP contribution in [-0.2, 0) is 27.3 Å². The predicted octanol–water partition coefficient (Wildman–Crippen LogP) is 2.89. The number of benzene rings is 1. The van der Waals surface area contributed by atoms with Crippen LogP contribution in [0.25, 0.3) is 10.9 Å². The number of ether oxygens (including phenoxy) is 1. The Morgan fingerprint density at radius 3 is 2.85 bits per heavy atom. The predicted molar refractivity (Wildman–Crippen MR) is 90.7 cm³/mol. The van der Waals surface area contributed by atoms with E-state index in [9.17, 15) is 22.8 Å². The number of carbonyl (C=O) groups is 2. The van der Waals surface area contributed by atoms with Crippen LogP contribution in [0.3, 0.4) is 0 Å². The lowest BCUT2D eigenvalue weighted by Gasteiger charge is -2.31. The third-order valence-electron chi connectivity index (χ3n) is 4.92. The summed E-state index contributed by atoms with van der Waals surface area (Å²) in [6.45, 7) is 0.349. The summed E-state index contributed by atoms with van der Waals surface area (Å²) in [5.74, 6) is -2.13. The van der Waals surface area contributed by atoms with Gasteiger partial charge in [-0.15, -0.1) is 0 Å². The number of H-pyrrole nitrogens is 1. The molecule has 0 aliphatic carbocycles. The van der Waals surface area contributed by atoms with E-state index in [1.807, 2.05) is 13.0 Å². The fourth-order valence-corrected chi connectivity index (χ4v) is 3.62. The molecule has 1 aliphatic heterocycles. The summed E-state index contributed by atoms with van der Waals surface area (Å²) < 4.78 is 43.9. The number of carbonyl (C=O) groups excluding carboxylic acids is 2. The van der Waals surface area contributed by atoms with Crippen molar-refractivity contribution in [3.8, 4) is 0 Å². The van der Waals surface area contributed by atoms with E-state index < -0.39 is 30.5 Å². The number of halogens is 3. The number of aromatic amines is 1. The van der Waals surface area contributed by atoms with Crippen molar-refractivity contribution in [3.63, 3.8) is 0 Å². The molecule has 1 amide bonds. The monoisotopic (exact) mass is 383 g/mol. The van der Waals surface area contributed by atoms with Crippen molar-refractivity contribution in [1.82, 2.24) is 15.1 Å². The molecular weight excluding hydrogens is 363 g/mol. The van der Waals surface area contributed by atoms with E-state index in [4.69, 9.17) is 0 Å². The first-order valence-electron chi connectivity index (χ1n) is 8.56. The molecule has 1 aromatic carbocycles. The van der Waals surface area contributed by atoms with E-state index >= 15 is 0 Å². The zero-order valence-corrected chi connectivity index (χ0v) is 15.0. The third-order valence-corrected chi connectivity index (χ3v) is 4.92. The van der Waals surface area contributed by atoms with Crippen molar-refractivity contribution in [2.75, 3.05) is 13.7 Å². The minimum atomic E-state index is -4.54. The van der Waals surface area contributed by atoms with Gasteiger partial charge in [-0.05, 0) is 36.5 Å². The lowest BCUT2D eigenvalue weighted by atomic mass is 9.88. The molecule has 6 nitrogen and oxygen atoms in total. The Hall–Kier alpha value is -2.58. The average Bonchev–Trinajstić information content (AvgIpc) is 3.08. The molecule has 0 spiro atoms. The second kappa shape index (κ2) is 7.21. The van der Waals surface area contributed by atoms with Crippen LogP contribution in [0.4, 0.5) is 13.2 Å². The number of nitrogens with one attached hydrogen (secondary N) is 1. The van der Waals surface area contributed by atoms with Crippen LogP contribution in [0.5, 0.6) is 0 Å². The molecule has 0 unspecified atom stereocenters. The second-order valence-electron chi connectivity index (χ2n) is 6.82. The molecule has 0 bridgehead atoms. The molecule has 2 aromatic rings. The smallest absolute Gasteiger partial charge is 0.406 e. The highest BCUT2D eigenvalue weighted by atomic mass is 19.4. The van der Waals surface area contributed by atoms with Gasteiger partial charge in [0.25, 0.3) is 0 Å². The van der Waals surface area contributed by atoms with Gasteiger partial charge in [0.05, 0.1) is 25.2 Å². The molecule has 1 N–H and O–H groups in total. The highest BCUT2D eigenvalue weighted by Crippen LogP contribution is 2.32. The van der Waals surface area contributed by atoms with E-state index in [1.165, 1.54) is 7.11 Å². The van der Waals surface area contributed by atoms with Crippen molar-refractivity contribution in [2.45, 2.75) is 38.9 Å². The molecule has 0 saturated heterocycles. The zero-order valence-electron chi connectivity index (χ0n) is 15.0. The number of amides is 1. The Bertz CT molecular complexity index is 876. The number of rotatable bonds is 3. The van der Waals surface area contributed by atoms with Crippen molar-refractivity contribution in [3.05, 3.63) is 29.0 Å². The van der Waals surface area contributed by atoms with Crippen LogP contribution in [0.1, 0.15) is 29.5 Å². The summed E-state index contributed by atoms with van der Waals surface area (Å²) in [4.78, 5) is 25.2. The fourth-order valence-electron chi connectivity index (χ4n) is 3.62. The number of nitrogens with zero attached hydrogens (tertiary/aromatic N) is 2. The van der Waals surface area contributed by atoms with Gasteiger partial charge in [0.15, 0.2) is 0 Å². The van der Waals surface area contributed by atoms with Gasteiger partial charge < -0.3 is 9.64 Å². The maximum Gasteiger partial charge on any atom is 0.406 e. The summed E-state index contributed by atoms with van der Waals surface area (Å²) in [6, 6.07) is 1.91. The Kier molecular flexibility index (Phi) is 5.12. The van der Waals surface area contributed by atoms with Crippen molar-refractivity contribution in [1.29, 1.82) is 0 Å². The highest BCUT2D eigenvalue weighted by Gasteiger charge is 2.37. The minimum Gasteiger partial charge on any atom is -0.469 e. The number of esters is 1. The Morgan fingerprint density at radius 1 is 1.44 bits per heavy atom. The number of methoxy groups -OCH3 is 1. The maximum atomic E-state index is 13.1. The lowest BCUT2D eigenvalue weighted by Crippen LogP contribution is -2.43. The molecule has 2 heterocycles. The van der Waals surface area contributed by atoms with E-state index in [2.05, 4.69) is 14.9 Å². The number of fused-ring (bicyclic) bond motifs is 3. The topological polar surface area (TPSA) is 75.3 Å². The fraction of sp³-hybridized carbons (Fsp3) is 0.500. The van der Waals surface area contributed by atoms with E-state index in [0.29, 0.717) is 12.0 Å². The van der Waals surface area contributed by atoms with Gasteiger partial charge in [0.1, 0.15) is 6.54 Å². The molecule has 0 saturated carbocycles. The first-order chi connectivity index (χ1) is 12.7. The summed E-state index contributed by atoms with van der Waals surface area (Å²) in [6.07, 6.45) is -2.43. The third kappa shape index (κ3) is 4.06. The maximum absolute atomic E-state index is 13.1. The normalized spacial score (nSPS) is 18.2. The molecular formula is C18H20F3N3O3. The van der Waals surface area contributed by atoms with Crippen LogP contribution in [0, 0.1) is 12.8 Å². The molecule has 3 rings (SSSR count). The number of hydrogen-bond donors (Lipinski definition) is 1. The van der Waals surface area contributed by atoms with Crippen LogP contribution >= 0.6 is 0 Å². The van der Waals surface area contributed by atoms with Gasteiger partial charge in [-0.25, -0.2) is 0 Å². The molecule has 1 aromatic heterocycles. The van der Waals surface area contributed by atoms with Gasteiger partial charge in [0.2, 0.25) is 5.91 Å². The van der Waals surface area contributed by atoms with Crippen LogP contribution in [0.2, 0.25) is 0 Å². The number of aryl methyl sites for hydroxylation is 2. The van der Waals surface area contributed by atoms with Crippen LogP contribution in [-0.4, -0.2) is 46.8 Å². The Labute approximate surface area is 153 Å². The van der Waals surface area contributed by atoms with Gasteiger partial charge in [-0.1, -0.05) is 6.07 Å². The van der Waals surface area contributed by atoms with Gasteiger partial charge in [-0.2, -0.15) is 18.3 Å². The van der Waals surface area contributed by atoms with Crippen molar-refractivity contribution >= 4 is 22.8 Å². The first kappa shape index (κ1) is 19.2. The summed E-state index contributed by atoms with van der Waals surface area (Å²) >= 11 is 0. The molecule has 1 aliphatic rings. The SMILES string of the molecule is COC(=O)C[C@@H]1CCc2cc(C)c3[nH]ncc3c2CN(CC(F)(F)F)C1=O. The van der Waals surface area contributed by atoms with Gasteiger partial charge >= 0.3 is 12.1 Å². The van der Waals surface area contributed by atoms with Gasteiger partial charge in [-0.3, -0.25) is 14.7 Å². The Morgan fingerprint density at radius 2 is 2.19 bits per heavy atom. The van der Waals surface area contributed by atoms with Crippen molar-refractivity contribution < 1.29 is 27.5 Å². The van der Waals surface area contributed by atoms with Crippen LogP contribution in [0.15, 0.2) is 12.3 Å². The molecule has 146 valence electrons. The Balaban J connectivity index is 2.04. The molecule has 1 atom stereocenters. The largest absolute Gasteiger partial charge is 0.469 e. The molecule has 0 fully saturated rings. The molecule has 9 heteroatoms. The summed E-state index contributed by atoms with van der Waals surface area (Å²) in [5.41, 5.74) is 3.22. The summed E-state index contributed by atoms with van der Waals surface area (Å²) in [5, 5.41) is 7.57. The highest BCUT2D eigenvalue weighted by molar-refractivity contribution is 5.88. The van der Waals surface area contributed by atoms with E-state index in [-0.39, 0.29) is 19.4 Å².